The van der Waals surface area contributed by atoms with Gasteiger partial charge in [-0.25, -0.2) is 4.98 Å². The summed E-state index contributed by atoms with van der Waals surface area (Å²) in [4.78, 5) is 18.7. The topological polar surface area (TPSA) is 54.5 Å². The molecule has 2 aromatic carbocycles. The minimum absolute atomic E-state index is 0.173. The second kappa shape index (κ2) is 7.81. The van der Waals surface area contributed by atoms with Crippen molar-refractivity contribution >= 4 is 28.6 Å². The molecule has 0 fully saturated rings. The molecule has 0 saturated heterocycles. The monoisotopic (exact) mass is 353 g/mol. The van der Waals surface area contributed by atoms with Gasteiger partial charge in [-0.15, -0.1) is 11.3 Å². The van der Waals surface area contributed by atoms with Gasteiger partial charge in [0.1, 0.15) is 12.4 Å². The Labute approximate surface area is 150 Å². The van der Waals surface area contributed by atoms with E-state index in [9.17, 15) is 4.79 Å². The third-order valence-corrected chi connectivity index (χ3v) is 4.24. The summed E-state index contributed by atoms with van der Waals surface area (Å²) in [7, 11) is 3.88. The number of thiazole rings is 1. The Morgan fingerprint density at radius 1 is 1.20 bits per heavy atom. The number of hydrogen-bond acceptors (Lipinski definition) is 5. The maximum atomic E-state index is 12.6. The molecule has 0 spiro atoms. The third kappa shape index (κ3) is 4.36. The summed E-state index contributed by atoms with van der Waals surface area (Å²) in [5, 5.41) is 4.90. The highest BCUT2D eigenvalue weighted by Gasteiger charge is 2.11. The van der Waals surface area contributed by atoms with E-state index in [1.807, 2.05) is 60.8 Å². The lowest BCUT2D eigenvalue weighted by Gasteiger charge is -2.17. The highest BCUT2D eigenvalue weighted by Crippen LogP contribution is 2.24. The van der Waals surface area contributed by atoms with Crippen LogP contribution in [0, 0.1) is 0 Å². The summed E-state index contributed by atoms with van der Waals surface area (Å²) in [6.07, 6.45) is 0. The highest BCUT2D eigenvalue weighted by atomic mass is 32.1. The standard InChI is InChI=1S/C19H19N3O2S/c1-22(2)18-9-4-3-8-17(18)21-19(23)14-6-5-7-16(10-14)24-11-15-12-25-13-20-15/h3-10,12-13H,11H2,1-2H3,(H,21,23). The molecule has 3 rings (SSSR count). The maximum absolute atomic E-state index is 12.6. The van der Waals surface area contributed by atoms with Crippen molar-refractivity contribution < 1.29 is 9.53 Å². The molecule has 0 bridgehead atoms. The average Bonchev–Trinajstić information content (AvgIpc) is 3.14. The Balaban J connectivity index is 1.71. The summed E-state index contributed by atoms with van der Waals surface area (Å²) in [5.41, 5.74) is 4.91. The number of para-hydroxylation sites is 2. The largest absolute Gasteiger partial charge is 0.487 e. The predicted molar refractivity (Wildman–Crippen MR) is 102 cm³/mol. The molecule has 1 N–H and O–H groups in total. The van der Waals surface area contributed by atoms with Crippen LogP contribution < -0.4 is 15.0 Å². The first kappa shape index (κ1) is 17.0. The van der Waals surface area contributed by atoms with Crippen molar-refractivity contribution in [1.29, 1.82) is 0 Å². The molecule has 0 aliphatic rings. The SMILES string of the molecule is CN(C)c1ccccc1NC(=O)c1cccc(OCc2cscn2)c1. The van der Waals surface area contributed by atoms with Gasteiger partial charge in [0.2, 0.25) is 0 Å². The van der Waals surface area contributed by atoms with Crippen LogP contribution in [0.5, 0.6) is 5.75 Å². The third-order valence-electron chi connectivity index (χ3n) is 3.60. The van der Waals surface area contributed by atoms with Gasteiger partial charge in [0.25, 0.3) is 5.91 Å². The van der Waals surface area contributed by atoms with E-state index in [0.717, 1.165) is 17.1 Å². The minimum atomic E-state index is -0.173. The summed E-state index contributed by atoms with van der Waals surface area (Å²) in [6.45, 7) is 0.387. The number of nitrogens with one attached hydrogen (secondary N) is 1. The van der Waals surface area contributed by atoms with Crippen molar-refractivity contribution in [2.45, 2.75) is 6.61 Å². The second-order valence-corrected chi connectivity index (χ2v) is 6.38. The number of hydrogen-bond donors (Lipinski definition) is 1. The molecule has 0 unspecified atom stereocenters. The number of benzene rings is 2. The summed E-state index contributed by atoms with van der Waals surface area (Å²) in [6, 6.07) is 14.8. The molecular formula is C19H19N3O2S. The summed E-state index contributed by atoms with van der Waals surface area (Å²) in [5.74, 6) is 0.468. The van der Waals surface area contributed by atoms with E-state index in [1.165, 1.54) is 11.3 Å². The van der Waals surface area contributed by atoms with E-state index < -0.39 is 0 Å². The lowest BCUT2D eigenvalue weighted by Crippen LogP contribution is -2.16. The predicted octanol–water partition coefficient (Wildman–Crippen LogP) is 4.04. The van der Waals surface area contributed by atoms with Gasteiger partial charge in [-0.1, -0.05) is 18.2 Å². The van der Waals surface area contributed by atoms with Gasteiger partial charge >= 0.3 is 0 Å². The van der Waals surface area contributed by atoms with Crippen LogP contribution in [-0.2, 0) is 6.61 Å². The minimum Gasteiger partial charge on any atom is -0.487 e. The lowest BCUT2D eigenvalue weighted by atomic mass is 10.2. The number of carbonyl (C=O) groups excluding carboxylic acids is 1. The number of aromatic nitrogens is 1. The maximum Gasteiger partial charge on any atom is 0.255 e. The van der Waals surface area contributed by atoms with E-state index in [2.05, 4.69) is 10.3 Å². The van der Waals surface area contributed by atoms with Crippen molar-refractivity contribution in [1.82, 2.24) is 4.98 Å². The molecule has 1 aromatic heterocycles. The Kier molecular flexibility index (Phi) is 5.30. The fraction of sp³-hybridized carbons (Fsp3) is 0.158. The molecule has 25 heavy (non-hydrogen) atoms. The van der Waals surface area contributed by atoms with Crippen LogP contribution in [0.25, 0.3) is 0 Å². The number of rotatable bonds is 6. The number of carbonyl (C=O) groups is 1. The molecular weight excluding hydrogens is 334 g/mol. The van der Waals surface area contributed by atoms with E-state index in [0.29, 0.717) is 17.9 Å². The Morgan fingerprint density at radius 3 is 2.80 bits per heavy atom. The molecule has 128 valence electrons. The van der Waals surface area contributed by atoms with Gasteiger partial charge < -0.3 is 15.0 Å². The molecule has 0 aliphatic heterocycles. The van der Waals surface area contributed by atoms with E-state index in [1.54, 1.807) is 17.6 Å². The first-order chi connectivity index (χ1) is 12.1. The van der Waals surface area contributed by atoms with Crippen LogP contribution in [0.4, 0.5) is 11.4 Å². The van der Waals surface area contributed by atoms with Crippen LogP contribution in [0.1, 0.15) is 16.1 Å². The number of anilines is 2. The quantitative estimate of drug-likeness (QED) is 0.727. The lowest BCUT2D eigenvalue weighted by molar-refractivity contribution is 0.102. The molecule has 0 radical (unpaired) electrons. The van der Waals surface area contributed by atoms with E-state index >= 15 is 0 Å². The zero-order valence-corrected chi connectivity index (χ0v) is 14.9. The number of nitrogens with zero attached hydrogens (tertiary/aromatic N) is 2. The normalized spacial score (nSPS) is 10.3. The Bertz CT molecular complexity index is 847. The van der Waals surface area contributed by atoms with Gasteiger partial charge in [0.15, 0.2) is 0 Å². The van der Waals surface area contributed by atoms with Gasteiger partial charge in [0, 0.05) is 25.0 Å². The van der Waals surface area contributed by atoms with Crippen LogP contribution in [-0.4, -0.2) is 25.0 Å². The first-order valence-corrected chi connectivity index (χ1v) is 8.75. The molecule has 5 nitrogen and oxygen atoms in total. The van der Waals surface area contributed by atoms with Gasteiger partial charge in [-0.3, -0.25) is 4.79 Å². The number of ether oxygens (including phenoxy) is 1. The van der Waals surface area contributed by atoms with E-state index in [-0.39, 0.29) is 5.91 Å². The van der Waals surface area contributed by atoms with Gasteiger partial charge in [-0.05, 0) is 30.3 Å². The average molecular weight is 353 g/mol. The summed E-state index contributed by atoms with van der Waals surface area (Å²) < 4.78 is 5.71. The first-order valence-electron chi connectivity index (χ1n) is 7.81. The second-order valence-electron chi connectivity index (χ2n) is 5.66. The molecule has 1 amide bonds. The molecule has 0 atom stereocenters. The zero-order chi connectivity index (χ0) is 17.6. The van der Waals surface area contributed by atoms with Crippen molar-refractivity contribution in [2.75, 3.05) is 24.3 Å². The molecule has 0 saturated carbocycles. The van der Waals surface area contributed by atoms with Crippen LogP contribution in [0.3, 0.4) is 0 Å². The van der Waals surface area contributed by atoms with E-state index in [4.69, 9.17) is 4.74 Å². The molecule has 1 heterocycles. The van der Waals surface area contributed by atoms with Crippen LogP contribution in [0.2, 0.25) is 0 Å². The Morgan fingerprint density at radius 2 is 2.04 bits per heavy atom. The van der Waals surface area contributed by atoms with Crippen molar-refractivity contribution in [3.63, 3.8) is 0 Å². The molecule has 6 heteroatoms. The zero-order valence-electron chi connectivity index (χ0n) is 14.1. The fourth-order valence-corrected chi connectivity index (χ4v) is 2.90. The Hall–Kier alpha value is -2.86. The van der Waals surface area contributed by atoms with Crippen molar-refractivity contribution in [2.24, 2.45) is 0 Å². The van der Waals surface area contributed by atoms with Gasteiger partial charge in [-0.2, -0.15) is 0 Å². The molecule has 3 aromatic rings. The molecule has 0 aliphatic carbocycles. The number of amides is 1. The van der Waals surface area contributed by atoms with Gasteiger partial charge in [0.05, 0.1) is 22.6 Å². The highest BCUT2D eigenvalue weighted by molar-refractivity contribution is 7.07. The summed E-state index contributed by atoms with van der Waals surface area (Å²) >= 11 is 1.53. The fourth-order valence-electron chi connectivity index (χ4n) is 2.36. The smallest absolute Gasteiger partial charge is 0.255 e. The van der Waals surface area contributed by atoms with Crippen LogP contribution >= 0.6 is 11.3 Å². The van der Waals surface area contributed by atoms with Crippen LogP contribution in [0.15, 0.2) is 59.4 Å². The van der Waals surface area contributed by atoms with Crippen molar-refractivity contribution in [3.8, 4) is 5.75 Å². The van der Waals surface area contributed by atoms with Crippen molar-refractivity contribution in [3.05, 3.63) is 70.7 Å².